The molecule has 8 nitrogen and oxygen atoms in total. The summed E-state index contributed by atoms with van der Waals surface area (Å²) in [6.45, 7) is 5.68. The van der Waals surface area contributed by atoms with Crippen molar-refractivity contribution in [1.29, 1.82) is 0 Å². The number of nitrogen functional groups attached to an aromatic ring is 1. The van der Waals surface area contributed by atoms with Crippen molar-refractivity contribution >= 4 is 21.4 Å². The SMILES string of the molecule is CCC(NS(=O)(=O)c1ccc(NN)c([N+](=O)[O-])c1)C(C)C. The van der Waals surface area contributed by atoms with Crippen LogP contribution in [0, 0.1) is 16.0 Å². The average molecular weight is 316 g/mol. The van der Waals surface area contributed by atoms with Gasteiger partial charge in [-0.05, 0) is 24.5 Å². The largest absolute Gasteiger partial charge is 0.318 e. The van der Waals surface area contributed by atoms with Crippen LogP contribution in [0.2, 0.25) is 0 Å². The number of nitrogens with zero attached hydrogens (tertiary/aromatic N) is 1. The summed E-state index contributed by atoms with van der Waals surface area (Å²) in [7, 11) is -3.82. The van der Waals surface area contributed by atoms with Crippen LogP contribution in [0.5, 0.6) is 0 Å². The first-order chi connectivity index (χ1) is 9.72. The van der Waals surface area contributed by atoms with Gasteiger partial charge in [0.25, 0.3) is 5.69 Å². The Morgan fingerprint density at radius 2 is 2.00 bits per heavy atom. The molecule has 1 atom stereocenters. The number of anilines is 1. The highest BCUT2D eigenvalue weighted by Gasteiger charge is 2.24. The Kier molecular flexibility index (Phi) is 5.64. The van der Waals surface area contributed by atoms with Gasteiger partial charge >= 0.3 is 0 Å². The van der Waals surface area contributed by atoms with Crippen molar-refractivity contribution in [3.8, 4) is 0 Å². The van der Waals surface area contributed by atoms with Crippen LogP contribution in [0.15, 0.2) is 23.1 Å². The number of hydrazine groups is 1. The molecule has 0 radical (unpaired) electrons. The van der Waals surface area contributed by atoms with E-state index in [-0.39, 0.29) is 22.5 Å². The summed E-state index contributed by atoms with van der Waals surface area (Å²) in [4.78, 5) is 10.1. The number of nitro benzene ring substituents is 1. The standard InChI is InChI=1S/C12H20N4O4S/c1-4-10(8(2)3)15-21(19,20)9-5-6-11(14-13)12(7-9)16(17)18/h5-8,10,14-15H,4,13H2,1-3H3. The molecule has 1 aromatic carbocycles. The van der Waals surface area contributed by atoms with E-state index in [0.29, 0.717) is 6.42 Å². The fourth-order valence-corrected chi connectivity index (χ4v) is 3.40. The van der Waals surface area contributed by atoms with Crippen LogP contribution in [-0.2, 0) is 10.0 Å². The molecule has 0 aliphatic heterocycles. The molecule has 0 aliphatic rings. The summed E-state index contributed by atoms with van der Waals surface area (Å²) in [5.74, 6) is 5.29. The fraction of sp³-hybridized carbons (Fsp3) is 0.500. The molecule has 0 fully saturated rings. The van der Waals surface area contributed by atoms with Gasteiger partial charge in [0.15, 0.2) is 0 Å². The Labute approximate surface area is 123 Å². The molecule has 118 valence electrons. The third kappa shape index (κ3) is 4.13. The van der Waals surface area contributed by atoms with E-state index in [1.165, 1.54) is 12.1 Å². The Morgan fingerprint density at radius 3 is 2.43 bits per heavy atom. The summed E-state index contributed by atoms with van der Waals surface area (Å²) in [6.07, 6.45) is 0.626. The number of benzene rings is 1. The molecule has 0 saturated carbocycles. The molecule has 1 aromatic rings. The number of nitro groups is 1. The summed E-state index contributed by atoms with van der Waals surface area (Å²) in [5, 5.41) is 10.9. The van der Waals surface area contributed by atoms with Crippen molar-refractivity contribution in [3.63, 3.8) is 0 Å². The Morgan fingerprint density at radius 1 is 1.38 bits per heavy atom. The van der Waals surface area contributed by atoms with Crippen molar-refractivity contribution in [3.05, 3.63) is 28.3 Å². The second-order valence-corrected chi connectivity index (χ2v) is 6.67. The first kappa shape index (κ1) is 17.3. The molecule has 0 spiro atoms. The molecule has 0 saturated heterocycles. The van der Waals surface area contributed by atoms with E-state index < -0.39 is 20.6 Å². The van der Waals surface area contributed by atoms with Crippen molar-refractivity contribution in [2.24, 2.45) is 11.8 Å². The van der Waals surface area contributed by atoms with E-state index in [4.69, 9.17) is 5.84 Å². The number of nitrogens with two attached hydrogens (primary N) is 1. The first-order valence-corrected chi connectivity index (χ1v) is 7.98. The maximum absolute atomic E-state index is 12.3. The third-order valence-corrected chi connectivity index (χ3v) is 4.67. The van der Waals surface area contributed by atoms with Crippen LogP contribution in [0.25, 0.3) is 0 Å². The Bertz CT molecular complexity index is 616. The zero-order valence-electron chi connectivity index (χ0n) is 12.2. The van der Waals surface area contributed by atoms with Gasteiger partial charge in [-0.2, -0.15) is 0 Å². The highest BCUT2D eigenvalue weighted by molar-refractivity contribution is 7.89. The van der Waals surface area contributed by atoms with Crippen LogP contribution in [0.4, 0.5) is 11.4 Å². The summed E-state index contributed by atoms with van der Waals surface area (Å²) < 4.78 is 27.2. The van der Waals surface area contributed by atoms with Crippen molar-refractivity contribution in [1.82, 2.24) is 4.72 Å². The fourth-order valence-electron chi connectivity index (χ4n) is 1.91. The monoisotopic (exact) mass is 316 g/mol. The van der Waals surface area contributed by atoms with Crippen LogP contribution in [0.1, 0.15) is 27.2 Å². The number of hydrogen-bond donors (Lipinski definition) is 3. The van der Waals surface area contributed by atoms with Crippen molar-refractivity contribution in [2.75, 3.05) is 5.43 Å². The second-order valence-electron chi connectivity index (χ2n) is 4.96. The summed E-state index contributed by atoms with van der Waals surface area (Å²) in [5.41, 5.74) is 1.83. The molecular formula is C12H20N4O4S. The van der Waals surface area contributed by atoms with Gasteiger partial charge in [-0.1, -0.05) is 20.8 Å². The lowest BCUT2D eigenvalue weighted by Gasteiger charge is -2.20. The highest BCUT2D eigenvalue weighted by Crippen LogP contribution is 2.27. The molecule has 4 N–H and O–H groups in total. The van der Waals surface area contributed by atoms with Gasteiger partial charge in [0.05, 0.1) is 9.82 Å². The van der Waals surface area contributed by atoms with E-state index in [1.54, 1.807) is 0 Å². The number of rotatable bonds is 7. The first-order valence-electron chi connectivity index (χ1n) is 6.50. The predicted molar refractivity (Wildman–Crippen MR) is 80.1 cm³/mol. The normalized spacial score (nSPS) is 13.2. The molecule has 9 heteroatoms. The van der Waals surface area contributed by atoms with Gasteiger partial charge in [0.2, 0.25) is 10.0 Å². The lowest BCUT2D eigenvalue weighted by atomic mass is 10.0. The summed E-state index contributed by atoms with van der Waals surface area (Å²) in [6, 6.07) is 3.30. The number of nitrogens with one attached hydrogen (secondary N) is 2. The van der Waals surface area contributed by atoms with E-state index >= 15 is 0 Å². The highest BCUT2D eigenvalue weighted by atomic mass is 32.2. The molecular weight excluding hydrogens is 296 g/mol. The van der Waals surface area contributed by atoms with Gasteiger partial charge in [0.1, 0.15) is 5.69 Å². The minimum absolute atomic E-state index is 0.0508. The van der Waals surface area contributed by atoms with Crippen LogP contribution in [0.3, 0.4) is 0 Å². The minimum atomic E-state index is -3.82. The third-order valence-electron chi connectivity index (χ3n) is 3.18. The Balaban J connectivity index is 3.20. The Hall–Kier alpha value is -1.71. The topological polar surface area (TPSA) is 127 Å². The molecule has 21 heavy (non-hydrogen) atoms. The molecule has 0 aliphatic carbocycles. The number of hydrogen-bond acceptors (Lipinski definition) is 6. The van der Waals surface area contributed by atoms with Gasteiger partial charge in [-0.25, -0.2) is 13.1 Å². The molecule has 0 heterocycles. The average Bonchev–Trinajstić information content (AvgIpc) is 2.43. The zero-order valence-corrected chi connectivity index (χ0v) is 13.0. The van der Waals surface area contributed by atoms with Crippen molar-refractivity contribution < 1.29 is 13.3 Å². The van der Waals surface area contributed by atoms with Crippen LogP contribution >= 0.6 is 0 Å². The van der Waals surface area contributed by atoms with Gasteiger partial charge < -0.3 is 5.43 Å². The zero-order chi connectivity index (χ0) is 16.2. The van der Waals surface area contributed by atoms with Gasteiger partial charge in [0, 0.05) is 12.1 Å². The maximum Gasteiger partial charge on any atom is 0.294 e. The summed E-state index contributed by atoms with van der Waals surface area (Å²) >= 11 is 0. The van der Waals surface area contributed by atoms with Gasteiger partial charge in [-0.3, -0.25) is 16.0 Å². The van der Waals surface area contributed by atoms with E-state index in [9.17, 15) is 18.5 Å². The molecule has 0 bridgehead atoms. The van der Waals surface area contributed by atoms with E-state index in [0.717, 1.165) is 6.07 Å². The van der Waals surface area contributed by atoms with Gasteiger partial charge in [-0.15, -0.1) is 0 Å². The minimum Gasteiger partial charge on any atom is -0.318 e. The molecule has 0 amide bonds. The van der Waals surface area contributed by atoms with Crippen LogP contribution in [-0.4, -0.2) is 19.4 Å². The molecule has 1 rings (SSSR count). The second kappa shape index (κ2) is 6.83. The van der Waals surface area contributed by atoms with E-state index in [1.807, 2.05) is 20.8 Å². The molecule has 1 unspecified atom stereocenters. The van der Waals surface area contributed by atoms with Crippen LogP contribution < -0.4 is 16.0 Å². The lowest BCUT2D eigenvalue weighted by Crippen LogP contribution is -2.38. The smallest absolute Gasteiger partial charge is 0.294 e. The maximum atomic E-state index is 12.3. The predicted octanol–water partition coefficient (Wildman–Crippen LogP) is 1.59. The van der Waals surface area contributed by atoms with E-state index in [2.05, 4.69) is 10.1 Å². The quantitative estimate of drug-likeness (QED) is 0.398. The van der Waals surface area contributed by atoms with Crippen molar-refractivity contribution in [2.45, 2.75) is 38.1 Å². The number of sulfonamides is 1. The lowest BCUT2D eigenvalue weighted by molar-refractivity contribution is -0.384. The molecule has 0 aromatic heterocycles.